The van der Waals surface area contributed by atoms with Crippen LogP contribution in [0, 0.1) is 13.7 Å². The van der Waals surface area contributed by atoms with Gasteiger partial charge in [0.2, 0.25) is 0 Å². The molecule has 7 nitrogen and oxygen atoms in total. The molecule has 0 bridgehead atoms. The highest BCUT2D eigenvalue weighted by Gasteiger charge is 2.31. The average Bonchev–Trinajstić information content (AvgIpc) is 2.47. The molecule has 1 aliphatic rings. The molecule has 114 valence electrons. The van der Waals surface area contributed by atoms with E-state index in [1.807, 2.05) is 4.90 Å². The Morgan fingerprint density at radius 2 is 2.38 bits per heavy atom. The number of carbonyl (C=O) groups excluding carboxylic acids is 1. The van der Waals surface area contributed by atoms with Crippen molar-refractivity contribution >= 4 is 39.9 Å². The van der Waals surface area contributed by atoms with E-state index in [0.717, 1.165) is 15.8 Å². The summed E-state index contributed by atoms with van der Waals surface area (Å²) in [7, 11) is 0. The Kier molecular flexibility index (Phi) is 5.34. The zero-order chi connectivity index (χ0) is 15.4. The van der Waals surface area contributed by atoms with E-state index in [1.165, 1.54) is 12.1 Å². The van der Waals surface area contributed by atoms with Crippen LogP contribution in [0.15, 0.2) is 18.2 Å². The number of hydrogen-bond acceptors (Lipinski definition) is 6. The number of nitrogens with zero attached hydrogens (tertiary/aromatic N) is 2. The predicted molar refractivity (Wildman–Crippen MR) is 86.5 cm³/mol. The molecular weight excluding hydrogens is 389 g/mol. The molecule has 1 aromatic carbocycles. The molecule has 1 unspecified atom stereocenters. The summed E-state index contributed by atoms with van der Waals surface area (Å²) in [6.07, 6.45) is 0. The Morgan fingerprint density at radius 3 is 3.00 bits per heavy atom. The summed E-state index contributed by atoms with van der Waals surface area (Å²) in [5, 5.41) is 14.0. The van der Waals surface area contributed by atoms with E-state index < -0.39 is 11.0 Å². The van der Waals surface area contributed by atoms with Gasteiger partial charge in [-0.3, -0.25) is 10.1 Å². The molecule has 8 heteroatoms. The summed E-state index contributed by atoms with van der Waals surface area (Å²) in [6, 6.07) is 4.26. The van der Waals surface area contributed by atoms with Gasteiger partial charge in [0.1, 0.15) is 6.04 Å². The van der Waals surface area contributed by atoms with Crippen molar-refractivity contribution in [3.8, 4) is 0 Å². The van der Waals surface area contributed by atoms with Crippen molar-refractivity contribution in [1.82, 2.24) is 5.32 Å². The number of rotatable bonds is 4. The minimum atomic E-state index is -0.424. The molecule has 0 aromatic heterocycles. The van der Waals surface area contributed by atoms with Gasteiger partial charge in [-0.05, 0) is 35.6 Å². The van der Waals surface area contributed by atoms with Crippen LogP contribution in [0.25, 0.3) is 0 Å². The molecule has 0 spiro atoms. The van der Waals surface area contributed by atoms with Gasteiger partial charge in [0.15, 0.2) is 0 Å². The van der Waals surface area contributed by atoms with E-state index in [4.69, 9.17) is 4.74 Å². The van der Waals surface area contributed by atoms with Crippen molar-refractivity contribution in [2.24, 2.45) is 0 Å². The zero-order valence-electron chi connectivity index (χ0n) is 11.5. The maximum atomic E-state index is 12.1. The lowest BCUT2D eigenvalue weighted by atomic mass is 10.1. The maximum absolute atomic E-state index is 12.1. The van der Waals surface area contributed by atoms with Crippen LogP contribution in [0.4, 0.5) is 11.4 Å². The van der Waals surface area contributed by atoms with Crippen LogP contribution in [0.1, 0.15) is 6.92 Å². The first kappa shape index (κ1) is 16.0. The highest BCUT2D eigenvalue weighted by Crippen LogP contribution is 2.29. The molecule has 0 saturated carbocycles. The molecule has 21 heavy (non-hydrogen) atoms. The molecule has 1 aromatic rings. The summed E-state index contributed by atoms with van der Waals surface area (Å²) in [5.41, 5.74) is 0.867. The Balaban J connectivity index is 2.29. The standard InChI is InChI=1S/C13H16IN3O4/c1-2-21-13(18)12-8-15-5-6-16(12)11-4-3-9(17(19)20)7-10(11)14/h3-4,7,12,15H,2,5-6,8H2,1H3. The highest BCUT2D eigenvalue weighted by molar-refractivity contribution is 14.1. The Morgan fingerprint density at radius 1 is 1.62 bits per heavy atom. The van der Waals surface area contributed by atoms with Crippen molar-refractivity contribution in [2.75, 3.05) is 31.1 Å². The van der Waals surface area contributed by atoms with Crippen LogP contribution in [0.2, 0.25) is 0 Å². The third kappa shape index (κ3) is 3.62. The van der Waals surface area contributed by atoms with Crippen LogP contribution in [-0.4, -0.2) is 43.2 Å². The second-order valence-electron chi connectivity index (χ2n) is 4.56. The molecule has 1 saturated heterocycles. The van der Waals surface area contributed by atoms with Gasteiger partial charge in [-0.15, -0.1) is 0 Å². The Labute approximate surface area is 135 Å². The number of carbonyl (C=O) groups is 1. The van der Waals surface area contributed by atoms with Crippen molar-refractivity contribution < 1.29 is 14.5 Å². The SMILES string of the molecule is CCOC(=O)C1CNCCN1c1ccc([N+](=O)[O-])cc1I. The predicted octanol–water partition coefficient (Wildman–Crippen LogP) is 1.54. The fraction of sp³-hybridized carbons (Fsp3) is 0.462. The second kappa shape index (κ2) is 7.03. The number of anilines is 1. The molecule has 0 amide bonds. The quantitative estimate of drug-likeness (QED) is 0.354. The Hall–Kier alpha value is -1.42. The number of non-ortho nitro benzene ring substituents is 1. The molecule has 1 heterocycles. The molecular formula is C13H16IN3O4. The minimum Gasteiger partial charge on any atom is -0.464 e. The third-order valence-electron chi connectivity index (χ3n) is 3.25. The van der Waals surface area contributed by atoms with Crippen molar-refractivity contribution in [2.45, 2.75) is 13.0 Å². The molecule has 1 aliphatic heterocycles. The van der Waals surface area contributed by atoms with Gasteiger partial charge in [-0.25, -0.2) is 4.79 Å². The number of halogens is 1. The van der Waals surface area contributed by atoms with Crippen LogP contribution < -0.4 is 10.2 Å². The fourth-order valence-corrected chi connectivity index (χ4v) is 3.09. The molecule has 1 N–H and O–H groups in total. The van der Waals surface area contributed by atoms with Gasteiger partial charge < -0.3 is 15.0 Å². The second-order valence-corrected chi connectivity index (χ2v) is 5.72. The summed E-state index contributed by atoms with van der Waals surface area (Å²) < 4.78 is 5.85. The lowest BCUT2D eigenvalue weighted by Gasteiger charge is -2.36. The van der Waals surface area contributed by atoms with Gasteiger partial charge in [0.05, 0.1) is 17.2 Å². The summed E-state index contributed by atoms with van der Waals surface area (Å²) >= 11 is 2.06. The Bertz CT molecular complexity index is 552. The molecule has 0 aliphatic carbocycles. The minimum absolute atomic E-state index is 0.0472. The number of hydrogen-bond donors (Lipinski definition) is 1. The molecule has 2 rings (SSSR count). The largest absolute Gasteiger partial charge is 0.464 e. The van der Waals surface area contributed by atoms with Gasteiger partial charge in [0, 0.05) is 35.3 Å². The van der Waals surface area contributed by atoms with E-state index in [0.29, 0.717) is 19.7 Å². The van der Waals surface area contributed by atoms with E-state index in [9.17, 15) is 14.9 Å². The average molecular weight is 405 g/mol. The molecule has 1 atom stereocenters. The number of esters is 1. The van der Waals surface area contributed by atoms with Gasteiger partial charge >= 0.3 is 5.97 Å². The van der Waals surface area contributed by atoms with Crippen molar-refractivity contribution in [3.63, 3.8) is 0 Å². The lowest BCUT2D eigenvalue weighted by Crippen LogP contribution is -2.55. The van der Waals surface area contributed by atoms with Crippen molar-refractivity contribution in [1.29, 1.82) is 0 Å². The van der Waals surface area contributed by atoms with E-state index in [2.05, 4.69) is 27.9 Å². The normalized spacial score (nSPS) is 18.4. The maximum Gasteiger partial charge on any atom is 0.330 e. The van der Waals surface area contributed by atoms with Gasteiger partial charge in [-0.1, -0.05) is 0 Å². The van der Waals surface area contributed by atoms with Crippen molar-refractivity contribution in [3.05, 3.63) is 31.9 Å². The number of ether oxygens (including phenoxy) is 1. The van der Waals surface area contributed by atoms with Crippen LogP contribution in [-0.2, 0) is 9.53 Å². The fourth-order valence-electron chi connectivity index (χ4n) is 2.28. The van der Waals surface area contributed by atoms with E-state index in [-0.39, 0.29) is 11.7 Å². The van der Waals surface area contributed by atoms with Crippen LogP contribution >= 0.6 is 22.6 Å². The first-order valence-corrected chi connectivity index (χ1v) is 7.70. The van der Waals surface area contributed by atoms with Gasteiger partial charge in [-0.2, -0.15) is 0 Å². The lowest BCUT2D eigenvalue weighted by molar-refractivity contribution is -0.384. The number of nitro benzene ring substituents is 1. The summed E-state index contributed by atoms with van der Waals surface area (Å²) in [5.74, 6) is -0.279. The van der Waals surface area contributed by atoms with Gasteiger partial charge in [0.25, 0.3) is 5.69 Å². The summed E-state index contributed by atoms with van der Waals surface area (Å²) in [4.78, 5) is 24.4. The molecule has 0 radical (unpaired) electrons. The number of piperazine rings is 1. The van der Waals surface area contributed by atoms with Crippen LogP contribution in [0.3, 0.4) is 0 Å². The first-order valence-electron chi connectivity index (χ1n) is 6.62. The van der Waals surface area contributed by atoms with E-state index >= 15 is 0 Å². The third-order valence-corrected chi connectivity index (χ3v) is 4.12. The number of benzene rings is 1. The van der Waals surface area contributed by atoms with Crippen LogP contribution in [0.5, 0.6) is 0 Å². The van der Waals surface area contributed by atoms with E-state index in [1.54, 1.807) is 13.0 Å². The number of nitrogens with one attached hydrogen (secondary N) is 1. The molecule has 1 fully saturated rings. The number of nitro groups is 1. The smallest absolute Gasteiger partial charge is 0.330 e. The first-order chi connectivity index (χ1) is 10.0. The topological polar surface area (TPSA) is 84.7 Å². The highest BCUT2D eigenvalue weighted by atomic mass is 127. The summed E-state index contributed by atoms with van der Waals surface area (Å²) in [6.45, 7) is 4.01. The zero-order valence-corrected chi connectivity index (χ0v) is 13.7. The monoisotopic (exact) mass is 405 g/mol.